The largest absolute Gasteiger partial charge is 0.357 e. The van der Waals surface area contributed by atoms with Crippen molar-refractivity contribution < 1.29 is 4.79 Å². The minimum absolute atomic E-state index is 0.0301. The van der Waals surface area contributed by atoms with E-state index in [0.29, 0.717) is 0 Å². The Balaban J connectivity index is 1.51. The van der Waals surface area contributed by atoms with Crippen molar-refractivity contribution in [1.29, 1.82) is 0 Å². The molecule has 2 aliphatic heterocycles. The van der Waals surface area contributed by atoms with Gasteiger partial charge in [-0.15, -0.1) is 0 Å². The third-order valence-corrected chi connectivity index (χ3v) is 6.84. The van der Waals surface area contributed by atoms with Crippen LogP contribution in [0.1, 0.15) is 32.7 Å². The van der Waals surface area contributed by atoms with E-state index in [1.807, 2.05) is 6.20 Å². The van der Waals surface area contributed by atoms with Crippen molar-refractivity contribution in [3.05, 3.63) is 64.5 Å². The average Bonchev–Trinajstić information content (AvgIpc) is 3.11. The highest BCUT2D eigenvalue weighted by atomic mass is 16.1. The molecule has 1 fully saturated rings. The number of carbonyl (C=O) groups is 1. The normalized spacial score (nSPS) is 19.2. The molecule has 0 saturated carbocycles. The number of aryl methyl sites for hydroxylation is 2. The monoisotopic (exact) mass is 384 g/mol. The van der Waals surface area contributed by atoms with Crippen molar-refractivity contribution >= 4 is 5.91 Å². The molecule has 1 aromatic carbocycles. The van der Waals surface area contributed by atoms with E-state index in [0.717, 1.165) is 60.7 Å². The van der Waals surface area contributed by atoms with Crippen molar-refractivity contribution in [2.45, 2.75) is 25.2 Å². The highest BCUT2D eigenvalue weighted by Gasteiger charge is 2.50. The minimum Gasteiger partial charge on any atom is -0.357 e. The van der Waals surface area contributed by atoms with E-state index in [-0.39, 0.29) is 11.3 Å². The number of aromatic nitrogens is 2. The smallest absolute Gasteiger partial charge is 0.253 e. The lowest BCUT2D eigenvalue weighted by atomic mass is 9.73. The van der Waals surface area contributed by atoms with Crippen molar-refractivity contribution in [2.75, 3.05) is 26.7 Å². The Hall–Kier alpha value is -2.92. The van der Waals surface area contributed by atoms with Crippen molar-refractivity contribution in [2.24, 2.45) is 0 Å². The lowest BCUT2D eigenvalue weighted by Crippen LogP contribution is -2.65. The van der Waals surface area contributed by atoms with E-state index in [9.17, 15) is 4.79 Å². The standard InChI is InChI=1S/C24H24N4O/c1-14-3-5-15(6-4-14)19-9-18-16(10-25-19)7-8-17-20-22(27-21(17)18)24(11-26-23(20)29)12-28(2)13-24/h3-6,9-10,27H,7-8,11-13H2,1-2H3,(H,26,29). The highest BCUT2D eigenvalue weighted by molar-refractivity contribution is 6.01. The summed E-state index contributed by atoms with van der Waals surface area (Å²) in [6, 6.07) is 10.7. The van der Waals surface area contributed by atoms with Gasteiger partial charge >= 0.3 is 0 Å². The number of benzene rings is 1. The van der Waals surface area contributed by atoms with Gasteiger partial charge in [-0.2, -0.15) is 0 Å². The summed E-state index contributed by atoms with van der Waals surface area (Å²) in [4.78, 5) is 23.6. The van der Waals surface area contributed by atoms with Gasteiger partial charge in [0.2, 0.25) is 0 Å². The third kappa shape index (κ3) is 2.37. The quantitative estimate of drug-likeness (QED) is 0.678. The van der Waals surface area contributed by atoms with Crippen LogP contribution in [0, 0.1) is 6.92 Å². The Kier molecular flexibility index (Phi) is 3.40. The Morgan fingerprint density at radius 1 is 1.14 bits per heavy atom. The number of pyridine rings is 1. The second kappa shape index (κ2) is 5.80. The molecule has 5 heteroatoms. The number of likely N-dealkylation sites (tertiary alicyclic amines) is 1. The van der Waals surface area contributed by atoms with Gasteiger partial charge in [-0.1, -0.05) is 29.8 Å². The van der Waals surface area contributed by atoms with Gasteiger partial charge in [0.05, 0.1) is 22.4 Å². The summed E-state index contributed by atoms with van der Waals surface area (Å²) in [7, 11) is 2.14. The molecule has 1 saturated heterocycles. The molecule has 3 aromatic rings. The predicted octanol–water partition coefficient (Wildman–Crippen LogP) is 3.08. The zero-order valence-corrected chi connectivity index (χ0v) is 16.8. The molecule has 5 nitrogen and oxygen atoms in total. The summed E-state index contributed by atoms with van der Waals surface area (Å²) in [5.41, 5.74) is 10.2. The van der Waals surface area contributed by atoms with Gasteiger partial charge in [-0.25, -0.2) is 0 Å². The molecule has 0 radical (unpaired) electrons. The van der Waals surface area contributed by atoms with Gasteiger partial charge in [0, 0.05) is 42.7 Å². The number of nitrogens with one attached hydrogen (secondary N) is 2. The van der Waals surface area contributed by atoms with E-state index >= 15 is 0 Å². The zero-order chi connectivity index (χ0) is 19.8. The lowest BCUT2D eigenvalue weighted by Gasteiger charge is -2.50. The van der Waals surface area contributed by atoms with E-state index in [1.54, 1.807) is 0 Å². The van der Waals surface area contributed by atoms with Gasteiger partial charge < -0.3 is 15.2 Å². The van der Waals surface area contributed by atoms with Crippen LogP contribution >= 0.6 is 0 Å². The maximum Gasteiger partial charge on any atom is 0.253 e. The number of likely N-dealkylation sites (N-methyl/N-ethyl adjacent to an activating group) is 1. The molecule has 29 heavy (non-hydrogen) atoms. The Morgan fingerprint density at radius 2 is 1.93 bits per heavy atom. The molecule has 2 aromatic heterocycles. The lowest BCUT2D eigenvalue weighted by molar-refractivity contribution is 0.0688. The summed E-state index contributed by atoms with van der Waals surface area (Å²) in [5.74, 6) is 0.0777. The van der Waals surface area contributed by atoms with E-state index in [4.69, 9.17) is 4.98 Å². The fourth-order valence-electron chi connectivity index (χ4n) is 5.41. The molecule has 1 spiro atoms. The molecule has 0 bridgehead atoms. The van der Waals surface area contributed by atoms with E-state index in [2.05, 4.69) is 59.5 Å². The average molecular weight is 384 g/mol. The second-order valence-electron chi connectivity index (χ2n) is 8.96. The topological polar surface area (TPSA) is 61.0 Å². The summed E-state index contributed by atoms with van der Waals surface area (Å²) in [5, 5.41) is 3.16. The fourth-order valence-corrected chi connectivity index (χ4v) is 5.41. The number of aromatic amines is 1. The maximum absolute atomic E-state index is 12.8. The molecule has 0 atom stereocenters. The number of hydrogen-bond acceptors (Lipinski definition) is 3. The van der Waals surface area contributed by atoms with Gasteiger partial charge in [0.15, 0.2) is 0 Å². The van der Waals surface area contributed by atoms with Crippen LogP contribution in [-0.2, 0) is 18.3 Å². The summed E-state index contributed by atoms with van der Waals surface area (Å²) in [6.45, 7) is 4.79. The van der Waals surface area contributed by atoms with Crippen LogP contribution in [-0.4, -0.2) is 47.5 Å². The molecule has 3 aliphatic rings. The molecule has 146 valence electrons. The first-order valence-electron chi connectivity index (χ1n) is 10.3. The summed E-state index contributed by atoms with van der Waals surface area (Å²) >= 11 is 0. The van der Waals surface area contributed by atoms with Crippen LogP contribution in [0.25, 0.3) is 22.5 Å². The number of carbonyl (C=O) groups excluding carboxylic acids is 1. The maximum atomic E-state index is 12.8. The number of rotatable bonds is 1. The van der Waals surface area contributed by atoms with Crippen LogP contribution in [0.2, 0.25) is 0 Å². The number of amides is 1. The minimum atomic E-state index is 0.0301. The van der Waals surface area contributed by atoms with Gasteiger partial charge in [0.25, 0.3) is 5.91 Å². The number of nitrogens with zero attached hydrogens (tertiary/aromatic N) is 2. The van der Waals surface area contributed by atoms with Crippen LogP contribution in [0.3, 0.4) is 0 Å². The molecule has 0 unspecified atom stereocenters. The Labute approximate surface area is 170 Å². The van der Waals surface area contributed by atoms with Gasteiger partial charge in [0.1, 0.15) is 0 Å². The summed E-state index contributed by atoms with van der Waals surface area (Å²) < 4.78 is 0. The van der Waals surface area contributed by atoms with Gasteiger partial charge in [-0.05, 0) is 44.0 Å². The SMILES string of the molecule is Cc1ccc(-c2cc3c(cn2)CCc2c-3[nH]c3c2C(=O)NCC32CN(C)C2)cc1. The highest BCUT2D eigenvalue weighted by Crippen LogP contribution is 2.44. The first-order valence-corrected chi connectivity index (χ1v) is 10.3. The Morgan fingerprint density at radius 3 is 2.69 bits per heavy atom. The molecular weight excluding hydrogens is 360 g/mol. The van der Waals surface area contributed by atoms with Crippen LogP contribution < -0.4 is 5.32 Å². The van der Waals surface area contributed by atoms with Crippen LogP contribution in [0.4, 0.5) is 0 Å². The number of H-pyrrole nitrogens is 1. The van der Waals surface area contributed by atoms with Crippen molar-refractivity contribution in [3.8, 4) is 22.5 Å². The number of hydrogen-bond donors (Lipinski definition) is 2. The predicted molar refractivity (Wildman–Crippen MR) is 113 cm³/mol. The fraction of sp³-hybridized carbons (Fsp3) is 0.333. The zero-order valence-electron chi connectivity index (χ0n) is 16.8. The van der Waals surface area contributed by atoms with Gasteiger partial charge in [-0.3, -0.25) is 9.78 Å². The van der Waals surface area contributed by atoms with Crippen LogP contribution in [0.5, 0.6) is 0 Å². The molecule has 1 aliphatic carbocycles. The molecule has 4 heterocycles. The summed E-state index contributed by atoms with van der Waals surface area (Å²) in [6.07, 6.45) is 3.83. The Bertz CT molecular complexity index is 1150. The number of fused-ring (bicyclic) bond motifs is 6. The second-order valence-corrected chi connectivity index (χ2v) is 8.96. The molecule has 6 rings (SSSR count). The first kappa shape index (κ1) is 17.0. The van der Waals surface area contributed by atoms with Crippen LogP contribution in [0.15, 0.2) is 36.5 Å². The van der Waals surface area contributed by atoms with E-state index < -0.39 is 0 Å². The molecular formula is C24H24N4O. The first-order chi connectivity index (χ1) is 14.0. The molecule has 1 amide bonds. The third-order valence-electron chi connectivity index (χ3n) is 6.84. The van der Waals surface area contributed by atoms with Crippen molar-refractivity contribution in [3.63, 3.8) is 0 Å². The van der Waals surface area contributed by atoms with Crippen molar-refractivity contribution in [1.82, 2.24) is 20.2 Å². The molecule has 2 N–H and O–H groups in total. The van der Waals surface area contributed by atoms with E-state index in [1.165, 1.54) is 22.3 Å².